The zero-order valence-electron chi connectivity index (χ0n) is 19.9. The van der Waals surface area contributed by atoms with Gasteiger partial charge in [-0.1, -0.05) is 11.2 Å². The van der Waals surface area contributed by atoms with E-state index in [-0.39, 0.29) is 22.9 Å². The molecule has 38 heavy (non-hydrogen) atoms. The lowest BCUT2D eigenvalue weighted by molar-refractivity contribution is -0.688. The number of nitrogens with zero attached hydrogens (tertiary/aromatic N) is 4. The van der Waals surface area contributed by atoms with Gasteiger partial charge in [0.1, 0.15) is 17.1 Å². The number of nitrogens with two attached hydrogens (primary N) is 1. The number of carboxylic acid groups (broad SMARTS) is 2. The van der Waals surface area contributed by atoms with Crippen molar-refractivity contribution >= 4 is 64.8 Å². The van der Waals surface area contributed by atoms with E-state index < -0.39 is 52.2 Å². The second-order valence-corrected chi connectivity index (χ2v) is 9.74. The summed E-state index contributed by atoms with van der Waals surface area (Å²) < 4.78 is 1.52. The molecule has 0 saturated carbocycles. The zero-order chi connectivity index (χ0) is 28.2. The van der Waals surface area contributed by atoms with Gasteiger partial charge >= 0.3 is 5.97 Å². The van der Waals surface area contributed by atoms with Crippen molar-refractivity contribution in [1.82, 2.24) is 15.2 Å². The van der Waals surface area contributed by atoms with Crippen molar-refractivity contribution < 1.29 is 43.6 Å². The Morgan fingerprint density at radius 2 is 2.03 bits per heavy atom. The second-order valence-electron chi connectivity index (χ2n) is 8.32. The molecule has 2 amide bonds. The van der Waals surface area contributed by atoms with Crippen LogP contribution in [-0.2, 0) is 35.4 Å². The van der Waals surface area contributed by atoms with Gasteiger partial charge in [-0.05, 0) is 13.8 Å². The number of amides is 2. The van der Waals surface area contributed by atoms with Crippen LogP contribution in [0.5, 0.6) is 0 Å². The quantitative estimate of drug-likeness (QED) is 0.0454. The molecule has 0 aromatic carbocycles. The summed E-state index contributed by atoms with van der Waals surface area (Å²) in [6.45, 7) is 2.23. The van der Waals surface area contributed by atoms with E-state index in [1.165, 1.54) is 23.8 Å². The van der Waals surface area contributed by atoms with Gasteiger partial charge in [-0.15, -0.1) is 11.3 Å². The Labute approximate surface area is 224 Å². The summed E-state index contributed by atoms with van der Waals surface area (Å²) in [6.07, 6.45) is 3.48. The number of anilines is 1. The molecule has 0 bridgehead atoms. The molecule has 16 heteroatoms. The maximum atomic E-state index is 13.0. The molecule has 2 aromatic heterocycles. The van der Waals surface area contributed by atoms with Gasteiger partial charge in [0.05, 0.1) is 17.2 Å². The number of aromatic nitrogens is 2. The number of nitrogens with one attached hydrogen (secondary N) is 1. The maximum Gasteiger partial charge on any atom is 0.350 e. The monoisotopic (exact) mass is 562 g/mol. The number of likely N-dealkylation sites (tertiary alicyclic amines) is 1. The second kappa shape index (κ2) is 11.4. The number of nitrogen functional groups attached to an aromatic ring is 1. The molecule has 3 rings (SSSR count). The fourth-order valence-electron chi connectivity index (χ4n) is 3.15. The number of hydrogen-bond acceptors (Lipinski definition) is 12. The SMILES string of the molecule is CC(C)(O/N=C(\C(=O)N[C@@H]1C(=O)N(C(C(=O)[O-])=C(C=O)C[n+]2ccccc2)[C@@H]1S)c1csc(N)n1)C(=O)O. The van der Waals surface area contributed by atoms with Crippen LogP contribution in [0.15, 0.2) is 52.4 Å². The molecule has 3 heterocycles. The molecule has 0 unspecified atom stereocenters. The van der Waals surface area contributed by atoms with E-state index in [4.69, 9.17) is 10.6 Å². The van der Waals surface area contributed by atoms with E-state index in [0.29, 0.717) is 6.29 Å². The number of aliphatic carboxylic acids is 2. The Balaban J connectivity index is 1.86. The molecule has 0 aliphatic carbocycles. The third kappa shape index (κ3) is 5.97. The number of carboxylic acids is 2. The van der Waals surface area contributed by atoms with E-state index in [1.54, 1.807) is 30.6 Å². The molecular formula is C22H22N6O8S2. The highest BCUT2D eigenvalue weighted by Crippen LogP contribution is 2.29. The normalized spacial score (nSPS) is 18.2. The summed E-state index contributed by atoms with van der Waals surface area (Å²) >= 11 is 5.22. The number of carbonyl (C=O) groups excluding carboxylic acids is 4. The Morgan fingerprint density at radius 3 is 2.53 bits per heavy atom. The summed E-state index contributed by atoms with van der Waals surface area (Å²) in [5.74, 6) is -5.03. The van der Waals surface area contributed by atoms with Gasteiger partial charge in [-0.2, -0.15) is 12.6 Å². The molecular weight excluding hydrogens is 540 g/mol. The number of β-lactam (4-membered cyclic amide) rings is 1. The number of oxime groups is 1. The number of thiol groups is 1. The average molecular weight is 563 g/mol. The Bertz CT molecular complexity index is 1340. The average Bonchev–Trinajstić information content (AvgIpc) is 3.30. The van der Waals surface area contributed by atoms with Crippen molar-refractivity contribution in [3.63, 3.8) is 0 Å². The summed E-state index contributed by atoms with van der Waals surface area (Å²) in [7, 11) is 0. The predicted molar refractivity (Wildman–Crippen MR) is 132 cm³/mol. The topological polar surface area (TPSA) is 208 Å². The van der Waals surface area contributed by atoms with Crippen LogP contribution >= 0.6 is 24.0 Å². The minimum absolute atomic E-state index is 0.0519. The van der Waals surface area contributed by atoms with Crippen LogP contribution in [0.1, 0.15) is 19.5 Å². The molecule has 200 valence electrons. The van der Waals surface area contributed by atoms with Crippen molar-refractivity contribution in [2.45, 2.75) is 37.4 Å². The van der Waals surface area contributed by atoms with Crippen molar-refractivity contribution in [2.75, 3.05) is 5.73 Å². The van der Waals surface area contributed by atoms with Crippen LogP contribution < -0.4 is 20.7 Å². The lowest BCUT2D eigenvalue weighted by atomic mass is 10.0. The van der Waals surface area contributed by atoms with Gasteiger partial charge in [-0.3, -0.25) is 19.3 Å². The first-order valence-corrected chi connectivity index (χ1v) is 12.1. The fraction of sp³-hybridized carbons (Fsp3) is 0.273. The van der Waals surface area contributed by atoms with Gasteiger partial charge in [0.2, 0.25) is 5.60 Å². The van der Waals surface area contributed by atoms with Crippen LogP contribution in [0, 0.1) is 0 Å². The molecule has 0 spiro atoms. The minimum Gasteiger partial charge on any atom is -0.543 e. The van der Waals surface area contributed by atoms with Crippen molar-refractivity contribution in [1.29, 1.82) is 0 Å². The minimum atomic E-state index is -1.81. The fourth-order valence-corrected chi connectivity index (χ4v) is 4.13. The van der Waals surface area contributed by atoms with Gasteiger partial charge in [0.25, 0.3) is 11.8 Å². The summed E-state index contributed by atoms with van der Waals surface area (Å²) in [4.78, 5) is 70.6. The van der Waals surface area contributed by atoms with E-state index in [9.17, 15) is 34.2 Å². The first-order valence-electron chi connectivity index (χ1n) is 10.7. The Kier molecular flexibility index (Phi) is 8.47. The van der Waals surface area contributed by atoms with Gasteiger partial charge in [0.15, 0.2) is 36.1 Å². The van der Waals surface area contributed by atoms with E-state index in [2.05, 4.69) is 28.1 Å². The first-order chi connectivity index (χ1) is 17.9. The maximum absolute atomic E-state index is 13.0. The van der Waals surface area contributed by atoms with Crippen LogP contribution in [0.2, 0.25) is 0 Å². The summed E-state index contributed by atoms with van der Waals surface area (Å²) in [6, 6.07) is 3.71. The number of pyridine rings is 1. The summed E-state index contributed by atoms with van der Waals surface area (Å²) in [5, 5.41) is 27.4. The molecule has 1 saturated heterocycles. The number of aldehydes is 1. The van der Waals surface area contributed by atoms with Crippen LogP contribution in [0.25, 0.3) is 0 Å². The van der Waals surface area contributed by atoms with Crippen LogP contribution in [0.4, 0.5) is 5.13 Å². The highest BCUT2D eigenvalue weighted by atomic mass is 32.1. The largest absolute Gasteiger partial charge is 0.543 e. The number of hydrogen-bond donors (Lipinski definition) is 4. The van der Waals surface area contributed by atoms with Crippen LogP contribution in [-0.4, -0.2) is 67.8 Å². The first kappa shape index (κ1) is 28.3. The smallest absolute Gasteiger partial charge is 0.350 e. The number of rotatable bonds is 11. The molecule has 4 N–H and O–H groups in total. The Hall–Kier alpha value is -4.31. The molecule has 1 aliphatic heterocycles. The number of allylic oxidation sites excluding steroid dienone is 1. The highest BCUT2D eigenvalue weighted by molar-refractivity contribution is 7.81. The highest BCUT2D eigenvalue weighted by Gasteiger charge is 2.49. The van der Waals surface area contributed by atoms with Crippen molar-refractivity contribution in [3.8, 4) is 0 Å². The van der Waals surface area contributed by atoms with E-state index >= 15 is 0 Å². The third-order valence-electron chi connectivity index (χ3n) is 5.22. The van der Waals surface area contributed by atoms with Crippen LogP contribution in [0.3, 0.4) is 0 Å². The molecule has 0 radical (unpaired) electrons. The molecule has 14 nitrogen and oxygen atoms in total. The zero-order valence-corrected chi connectivity index (χ0v) is 21.6. The molecule has 2 atom stereocenters. The Morgan fingerprint density at radius 1 is 1.37 bits per heavy atom. The number of carbonyl (C=O) groups is 5. The van der Waals surface area contributed by atoms with E-state index in [1.807, 2.05) is 0 Å². The molecule has 2 aromatic rings. The van der Waals surface area contributed by atoms with Gasteiger partial charge in [0, 0.05) is 17.5 Å². The van der Waals surface area contributed by atoms with Gasteiger partial charge < -0.3 is 30.9 Å². The summed E-state index contributed by atoms with van der Waals surface area (Å²) in [5.41, 5.74) is 2.32. The lowest BCUT2D eigenvalue weighted by Crippen LogP contribution is -2.70. The van der Waals surface area contributed by atoms with E-state index in [0.717, 1.165) is 16.2 Å². The standard InChI is InChI=1S/C22H22N6O8S2/c1-22(2,20(34)35)36-26-13(12-10-38-21(23)24-12)16(30)25-14-17(31)28(18(14)37)15(19(32)33)11(9-29)8-27-6-4-3-5-7-27/h3-7,9-10,14,18H,8H2,1-2H3,(H5-,23,24,25,30,32,33,34,35,37)/b15-11?,26-13-/t14-,18-/m1/s1. The lowest BCUT2D eigenvalue weighted by Gasteiger charge is -2.46. The van der Waals surface area contributed by atoms with Gasteiger partial charge in [-0.25, -0.2) is 14.3 Å². The third-order valence-corrected chi connectivity index (χ3v) is 6.43. The molecule has 1 aliphatic rings. The predicted octanol–water partition coefficient (Wildman–Crippen LogP) is -1.92. The molecule has 1 fully saturated rings. The van der Waals surface area contributed by atoms with Crippen molar-refractivity contribution in [2.24, 2.45) is 5.16 Å². The number of thiazole rings is 1. The van der Waals surface area contributed by atoms with Crippen molar-refractivity contribution in [3.05, 3.63) is 52.9 Å².